The Morgan fingerprint density at radius 1 is 1.13 bits per heavy atom. The lowest BCUT2D eigenvalue weighted by atomic mass is 9.78. The summed E-state index contributed by atoms with van der Waals surface area (Å²) in [5.41, 5.74) is 1.35. The monoisotopic (exact) mass is 562 g/mol. The molecule has 0 unspecified atom stereocenters. The molecule has 0 radical (unpaired) electrons. The molecule has 2 heterocycles. The van der Waals surface area contributed by atoms with Gasteiger partial charge in [-0.15, -0.1) is 0 Å². The van der Waals surface area contributed by atoms with Crippen molar-refractivity contribution >= 4 is 42.7 Å². The number of pyridine rings is 1. The highest BCUT2D eigenvalue weighted by Gasteiger charge is 2.35. The van der Waals surface area contributed by atoms with Gasteiger partial charge in [0.25, 0.3) is 10.0 Å². The van der Waals surface area contributed by atoms with E-state index in [9.17, 15) is 21.6 Å². The van der Waals surface area contributed by atoms with Gasteiger partial charge in [-0.05, 0) is 77.6 Å². The zero-order valence-electron chi connectivity index (χ0n) is 22.0. The Morgan fingerprint density at radius 2 is 1.79 bits per heavy atom. The number of benzene rings is 1. The first-order valence-corrected chi connectivity index (χ1v) is 15.7. The molecule has 10 nitrogen and oxygen atoms in total. The summed E-state index contributed by atoms with van der Waals surface area (Å²) >= 11 is 0. The van der Waals surface area contributed by atoms with Crippen LogP contribution in [0.25, 0.3) is 11.0 Å². The normalized spacial score (nSPS) is 20.4. The highest BCUT2D eigenvalue weighted by atomic mass is 32.2. The van der Waals surface area contributed by atoms with E-state index in [0.29, 0.717) is 36.8 Å². The first kappa shape index (κ1) is 28.1. The fourth-order valence-corrected chi connectivity index (χ4v) is 7.30. The number of nitrogens with zero attached hydrogens (tertiary/aromatic N) is 2. The lowest BCUT2D eigenvalue weighted by Gasteiger charge is -2.39. The molecular formula is C26H34N4O6S2. The second kappa shape index (κ2) is 10.7. The van der Waals surface area contributed by atoms with Gasteiger partial charge in [0, 0.05) is 23.3 Å². The molecule has 0 aliphatic heterocycles. The van der Waals surface area contributed by atoms with Crippen LogP contribution in [-0.2, 0) is 24.8 Å². The van der Waals surface area contributed by atoms with Crippen LogP contribution in [0.5, 0.6) is 0 Å². The predicted molar refractivity (Wildman–Crippen MR) is 146 cm³/mol. The molecule has 0 bridgehead atoms. The smallest absolute Gasteiger partial charge is 0.341 e. The number of hydrogen-bond donors (Lipinski definition) is 2. The molecule has 1 aromatic carbocycles. The predicted octanol–water partition coefficient (Wildman–Crippen LogP) is 3.67. The molecule has 1 aliphatic rings. The van der Waals surface area contributed by atoms with E-state index in [0.717, 1.165) is 9.54 Å². The van der Waals surface area contributed by atoms with Crippen LogP contribution in [0.4, 0.5) is 5.69 Å². The van der Waals surface area contributed by atoms with E-state index in [2.05, 4.69) is 15.0 Å². The van der Waals surface area contributed by atoms with Gasteiger partial charge >= 0.3 is 5.97 Å². The first-order chi connectivity index (χ1) is 17.9. The molecule has 1 saturated carbocycles. The number of hydrogen-bond acceptors (Lipinski definition) is 8. The van der Waals surface area contributed by atoms with Crippen molar-refractivity contribution in [2.45, 2.75) is 56.9 Å². The van der Waals surface area contributed by atoms with Crippen LogP contribution in [0, 0.1) is 12.8 Å². The van der Waals surface area contributed by atoms with Crippen LogP contribution in [-0.4, -0.2) is 56.7 Å². The molecule has 3 aromatic rings. The molecule has 0 spiro atoms. The van der Waals surface area contributed by atoms with Gasteiger partial charge in [0.05, 0.1) is 22.9 Å². The standard InChI is InChI=1S/C26H34N4O6S2/c1-5-36-25(31)22-16-28-24-21(12-15-30(24)38(34,35)20-8-6-18(2)7-9-20)23(22)29-26(3)13-10-19(11-14-26)17-37(32,33)27-4/h6-9,12,15-16,19,27H,5,10-11,13-14,17H2,1-4H3,(H,28,29). The second-order valence-electron chi connectivity index (χ2n) is 10.0. The van der Waals surface area contributed by atoms with Crippen LogP contribution >= 0.6 is 0 Å². The van der Waals surface area contributed by atoms with Crippen LogP contribution in [0.1, 0.15) is 55.5 Å². The topological polar surface area (TPSA) is 136 Å². The summed E-state index contributed by atoms with van der Waals surface area (Å²) < 4.78 is 59.7. The molecule has 4 rings (SSSR count). The largest absolute Gasteiger partial charge is 0.462 e. The quantitative estimate of drug-likeness (QED) is 0.377. The van der Waals surface area contributed by atoms with E-state index >= 15 is 0 Å². The Kier molecular flexibility index (Phi) is 7.87. The van der Waals surface area contributed by atoms with E-state index in [1.54, 1.807) is 37.3 Å². The Balaban J connectivity index is 1.72. The third kappa shape index (κ3) is 5.71. The summed E-state index contributed by atoms with van der Waals surface area (Å²) in [5.74, 6) is -0.451. The summed E-state index contributed by atoms with van der Waals surface area (Å²) in [4.78, 5) is 17.3. The van der Waals surface area contributed by atoms with Crippen molar-refractivity contribution in [3.8, 4) is 0 Å². The fourth-order valence-electron chi connectivity index (χ4n) is 4.88. The maximum absolute atomic E-state index is 13.4. The molecule has 0 amide bonds. The zero-order chi connectivity index (χ0) is 27.7. The molecule has 2 aromatic heterocycles. The van der Waals surface area contributed by atoms with E-state index in [4.69, 9.17) is 4.74 Å². The minimum atomic E-state index is -3.93. The average molecular weight is 563 g/mol. The zero-order valence-corrected chi connectivity index (χ0v) is 23.7. The average Bonchev–Trinajstić information content (AvgIpc) is 3.32. The molecular weight excluding hydrogens is 528 g/mol. The van der Waals surface area contributed by atoms with Gasteiger partial charge in [-0.3, -0.25) is 0 Å². The van der Waals surface area contributed by atoms with Crippen molar-refractivity contribution in [1.29, 1.82) is 0 Å². The van der Waals surface area contributed by atoms with Gasteiger partial charge in [-0.25, -0.2) is 35.3 Å². The molecule has 206 valence electrons. The molecule has 0 atom stereocenters. The molecule has 12 heteroatoms. The lowest BCUT2D eigenvalue weighted by molar-refractivity contribution is 0.0527. The lowest BCUT2D eigenvalue weighted by Crippen LogP contribution is -2.41. The van der Waals surface area contributed by atoms with Gasteiger partial charge in [0.2, 0.25) is 10.0 Å². The number of aryl methyl sites for hydroxylation is 1. The number of anilines is 1. The minimum absolute atomic E-state index is 0.0325. The number of aromatic nitrogens is 2. The van der Waals surface area contributed by atoms with E-state index < -0.39 is 31.6 Å². The number of rotatable bonds is 9. The maximum Gasteiger partial charge on any atom is 0.341 e. The summed E-state index contributed by atoms with van der Waals surface area (Å²) in [6, 6.07) is 8.20. The minimum Gasteiger partial charge on any atom is -0.462 e. The number of fused-ring (bicyclic) bond motifs is 1. The van der Waals surface area contributed by atoms with E-state index in [1.165, 1.54) is 19.4 Å². The summed E-state index contributed by atoms with van der Waals surface area (Å²) in [7, 11) is -5.81. The Morgan fingerprint density at radius 3 is 2.39 bits per heavy atom. The summed E-state index contributed by atoms with van der Waals surface area (Å²) in [6.07, 6.45) is 5.51. The summed E-state index contributed by atoms with van der Waals surface area (Å²) in [6.45, 7) is 5.80. The Labute approximate surface area is 223 Å². The molecule has 38 heavy (non-hydrogen) atoms. The van der Waals surface area contributed by atoms with Crippen LogP contribution < -0.4 is 10.0 Å². The number of carbonyl (C=O) groups is 1. The number of carbonyl (C=O) groups excluding carboxylic acids is 1. The second-order valence-corrected chi connectivity index (χ2v) is 13.8. The van der Waals surface area contributed by atoms with E-state index in [-0.39, 0.29) is 34.4 Å². The molecule has 1 aliphatic carbocycles. The van der Waals surface area contributed by atoms with Crippen LogP contribution in [0.15, 0.2) is 47.6 Å². The van der Waals surface area contributed by atoms with Crippen molar-refractivity contribution in [1.82, 2.24) is 13.7 Å². The SMILES string of the molecule is CCOC(=O)c1cnc2c(ccn2S(=O)(=O)c2ccc(C)cc2)c1NC1(C)CCC(CS(=O)(=O)NC)CC1. The van der Waals surface area contributed by atoms with Gasteiger partial charge in [0.15, 0.2) is 5.65 Å². The van der Waals surface area contributed by atoms with Gasteiger partial charge < -0.3 is 10.1 Å². The van der Waals surface area contributed by atoms with Crippen molar-refractivity contribution < 1.29 is 26.4 Å². The Hall–Kier alpha value is -2.96. The van der Waals surface area contributed by atoms with Crippen LogP contribution in [0.3, 0.4) is 0 Å². The third-order valence-corrected chi connectivity index (χ3v) is 10.4. The first-order valence-electron chi connectivity index (χ1n) is 12.6. The highest BCUT2D eigenvalue weighted by molar-refractivity contribution is 7.90. The molecule has 0 saturated heterocycles. The van der Waals surface area contributed by atoms with Crippen molar-refractivity contribution in [2.24, 2.45) is 5.92 Å². The van der Waals surface area contributed by atoms with Crippen LogP contribution in [0.2, 0.25) is 0 Å². The molecule has 1 fully saturated rings. The summed E-state index contributed by atoms with van der Waals surface area (Å²) in [5, 5.41) is 3.98. The van der Waals surface area contributed by atoms with Gasteiger partial charge in [-0.1, -0.05) is 17.7 Å². The van der Waals surface area contributed by atoms with Crippen molar-refractivity contribution in [3.63, 3.8) is 0 Å². The van der Waals surface area contributed by atoms with Gasteiger partial charge in [-0.2, -0.15) is 0 Å². The van der Waals surface area contributed by atoms with Gasteiger partial charge in [0.1, 0.15) is 5.56 Å². The highest BCUT2D eigenvalue weighted by Crippen LogP contribution is 2.38. The Bertz CT molecular complexity index is 1540. The number of esters is 1. The maximum atomic E-state index is 13.4. The molecule has 2 N–H and O–H groups in total. The van der Waals surface area contributed by atoms with Crippen molar-refractivity contribution in [3.05, 3.63) is 53.9 Å². The third-order valence-electron chi connectivity index (χ3n) is 7.16. The van der Waals surface area contributed by atoms with E-state index in [1.807, 2.05) is 13.8 Å². The van der Waals surface area contributed by atoms with Crippen molar-refractivity contribution in [2.75, 3.05) is 24.7 Å². The fraction of sp³-hybridized carbons (Fsp3) is 0.462. The number of ether oxygens (including phenoxy) is 1. The number of nitrogens with one attached hydrogen (secondary N) is 2. The number of sulfonamides is 1.